The van der Waals surface area contributed by atoms with Crippen LogP contribution in [-0.2, 0) is 0 Å². The lowest BCUT2D eigenvalue weighted by atomic mass is 10.1. The molecule has 3 heteroatoms. The molecule has 0 radical (unpaired) electrons. The molecule has 8 heavy (non-hydrogen) atoms. The summed E-state index contributed by atoms with van der Waals surface area (Å²) in [4.78, 5) is 0. The maximum atomic E-state index is 12.3. The van der Waals surface area contributed by atoms with Gasteiger partial charge >= 0.3 is 0 Å². The zero-order valence-corrected chi connectivity index (χ0v) is 4.75. The van der Waals surface area contributed by atoms with Crippen molar-refractivity contribution in [2.45, 2.75) is 12.8 Å². The average molecular weight is 121 g/mol. The molecule has 0 spiro atoms. The lowest BCUT2D eigenvalue weighted by Gasteiger charge is -2.10. The van der Waals surface area contributed by atoms with E-state index in [0.29, 0.717) is 6.54 Å². The molecular formula is C5H9F2N. The molecule has 1 N–H and O–H groups in total. The average Bonchev–Trinajstić information content (AvgIpc) is 1.86. The van der Waals surface area contributed by atoms with Gasteiger partial charge in [0.25, 0.3) is 5.92 Å². The SMILES string of the molecule is C[C@H]1CNCC1(F)F. The summed E-state index contributed by atoms with van der Waals surface area (Å²) in [6.07, 6.45) is 0. The van der Waals surface area contributed by atoms with E-state index in [1.54, 1.807) is 6.92 Å². The molecule has 1 saturated heterocycles. The summed E-state index contributed by atoms with van der Waals surface area (Å²) >= 11 is 0. The summed E-state index contributed by atoms with van der Waals surface area (Å²) in [5.74, 6) is -2.94. The Morgan fingerprint density at radius 3 is 2.38 bits per heavy atom. The van der Waals surface area contributed by atoms with Crippen LogP contribution < -0.4 is 5.32 Å². The standard InChI is InChI=1S/C5H9F2N/c1-4-2-8-3-5(4,6)7/h4,8H,2-3H2,1H3/t4-/m0/s1. The van der Waals surface area contributed by atoms with Crippen LogP contribution in [-0.4, -0.2) is 19.0 Å². The van der Waals surface area contributed by atoms with Gasteiger partial charge in [-0.3, -0.25) is 0 Å². The number of hydrogen-bond acceptors (Lipinski definition) is 1. The molecule has 1 rings (SSSR count). The molecule has 0 amide bonds. The van der Waals surface area contributed by atoms with E-state index >= 15 is 0 Å². The van der Waals surface area contributed by atoms with Crippen molar-refractivity contribution in [2.75, 3.05) is 13.1 Å². The van der Waals surface area contributed by atoms with Gasteiger partial charge < -0.3 is 5.32 Å². The molecule has 0 bridgehead atoms. The monoisotopic (exact) mass is 121 g/mol. The Bertz CT molecular complexity index is 92.4. The number of nitrogens with one attached hydrogen (secondary N) is 1. The minimum absolute atomic E-state index is 0.145. The molecule has 0 unspecified atom stereocenters. The van der Waals surface area contributed by atoms with Crippen molar-refractivity contribution >= 4 is 0 Å². The predicted octanol–water partition coefficient (Wildman–Crippen LogP) is 0.861. The first-order valence-corrected chi connectivity index (χ1v) is 2.71. The van der Waals surface area contributed by atoms with E-state index in [4.69, 9.17) is 0 Å². The maximum Gasteiger partial charge on any atom is 0.264 e. The number of rotatable bonds is 0. The fraction of sp³-hybridized carbons (Fsp3) is 1.00. The van der Waals surface area contributed by atoms with E-state index in [1.165, 1.54) is 0 Å². The third-order valence-corrected chi connectivity index (χ3v) is 1.53. The van der Waals surface area contributed by atoms with Crippen LogP contribution in [0.3, 0.4) is 0 Å². The molecule has 0 aliphatic carbocycles. The Kier molecular flexibility index (Phi) is 1.23. The Balaban J connectivity index is 2.54. The maximum absolute atomic E-state index is 12.3. The minimum Gasteiger partial charge on any atom is -0.311 e. The molecule has 0 aromatic heterocycles. The van der Waals surface area contributed by atoms with Gasteiger partial charge in [0.1, 0.15) is 0 Å². The van der Waals surface area contributed by atoms with Gasteiger partial charge in [0.15, 0.2) is 0 Å². The molecule has 1 aliphatic rings. The van der Waals surface area contributed by atoms with Gasteiger partial charge in [-0.2, -0.15) is 0 Å². The van der Waals surface area contributed by atoms with Crippen molar-refractivity contribution in [1.82, 2.24) is 5.32 Å². The van der Waals surface area contributed by atoms with Crippen molar-refractivity contribution in [3.05, 3.63) is 0 Å². The van der Waals surface area contributed by atoms with Gasteiger partial charge in [0.05, 0.1) is 6.54 Å². The van der Waals surface area contributed by atoms with Gasteiger partial charge in [-0.15, -0.1) is 0 Å². The number of hydrogen-bond donors (Lipinski definition) is 1. The molecule has 1 heterocycles. The fourth-order valence-corrected chi connectivity index (χ4v) is 0.779. The molecule has 0 aromatic carbocycles. The molecule has 0 aromatic rings. The van der Waals surface area contributed by atoms with E-state index < -0.39 is 11.8 Å². The fourth-order valence-electron chi connectivity index (χ4n) is 0.779. The van der Waals surface area contributed by atoms with Crippen LogP contribution in [0.5, 0.6) is 0 Å². The highest BCUT2D eigenvalue weighted by atomic mass is 19.3. The summed E-state index contributed by atoms with van der Waals surface area (Å²) in [6, 6.07) is 0. The molecule has 1 atom stereocenters. The molecule has 0 saturated carbocycles. The van der Waals surface area contributed by atoms with E-state index in [2.05, 4.69) is 5.32 Å². The first-order chi connectivity index (χ1) is 3.63. The lowest BCUT2D eigenvalue weighted by Crippen LogP contribution is -2.24. The Morgan fingerprint density at radius 2 is 2.25 bits per heavy atom. The smallest absolute Gasteiger partial charge is 0.264 e. The third kappa shape index (κ3) is 0.823. The molecular weight excluding hydrogens is 112 g/mol. The summed E-state index contributed by atoms with van der Waals surface area (Å²) < 4.78 is 24.6. The molecule has 1 aliphatic heterocycles. The first kappa shape index (κ1) is 5.95. The Labute approximate surface area is 47.1 Å². The quantitative estimate of drug-likeness (QED) is 0.501. The zero-order valence-electron chi connectivity index (χ0n) is 4.75. The van der Waals surface area contributed by atoms with Crippen LogP contribution in [0.25, 0.3) is 0 Å². The minimum atomic E-state index is -2.46. The summed E-state index contributed by atoms with van der Waals surface area (Å²) in [6.45, 7) is 1.86. The van der Waals surface area contributed by atoms with E-state index in [1.807, 2.05) is 0 Å². The van der Waals surface area contributed by atoms with E-state index in [-0.39, 0.29) is 6.54 Å². The van der Waals surface area contributed by atoms with Crippen molar-refractivity contribution < 1.29 is 8.78 Å². The second-order valence-electron chi connectivity index (χ2n) is 2.29. The second kappa shape index (κ2) is 1.65. The molecule has 1 nitrogen and oxygen atoms in total. The van der Waals surface area contributed by atoms with E-state index in [9.17, 15) is 8.78 Å². The molecule has 1 fully saturated rings. The van der Waals surface area contributed by atoms with Crippen molar-refractivity contribution in [3.8, 4) is 0 Å². The normalized spacial score (nSPS) is 35.6. The van der Waals surface area contributed by atoms with Gasteiger partial charge in [0.2, 0.25) is 0 Å². The number of alkyl halides is 2. The first-order valence-electron chi connectivity index (χ1n) is 2.71. The second-order valence-corrected chi connectivity index (χ2v) is 2.29. The summed E-state index contributed by atoms with van der Waals surface area (Å²) in [5, 5.41) is 2.61. The van der Waals surface area contributed by atoms with Gasteiger partial charge in [-0.1, -0.05) is 6.92 Å². The Morgan fingerprint density at radius 1 is 1.62 bits per heavy atom. The van der Waals surface area contributed by atoms with Crippen LogP contribution in [0.1, 0.15) is 6.92 Å². The van der Waals surface area contributed by atoms with Crippen LogP contribution >= 0.6 is 0 Å². The van der Waals surface area contributed by atoms with Crippen LogP contribution in [0.15, 0.2) is 0 Å². The van der Waals surface area contributed by atoms with E-state index in [0.717, 1.165) is 0 Å². The van der Waals surface area contributed by atoms with Crippen LogP contribution in [0.4, 0.5) is 8.78 Å². The Hall–Kier alpha value is -0.180. The van der Waals surface area contributed by atoms with Crippen molar-refractivity contribution in [1.29, 1.82) is 0 Å². The highest BCUT2D eigenvalue weighted by Crippen LogP contribution is 2.26. The number of halogens is 2. The van der Waals surface area contributed by atoms with Crippen molar-refractivity contribution in [3.63, 3.8) is 0 Å². The largest absolute Gasteiger partial charge is 0.311 e. The van der Waals surface area contributed by atoms with Crippen LogP contribution in [0, 0.1) is 5.92 Å². The highest BCUT2D eigenvalue weighted by molar-refractivity contribution is 4.84. The van der Waals surface area contributed by atoms with Gasteiger partial charge in [-0.25, -0.2) is 8.78 Å². The predicted molar refractivity (Wildman–Crippen MR) is 27.0 cm³/mol. The third-order valence-electron chi connectivity index (χ3n) is 1.53. The lowest BCUT2D eigenvalue weighted by molar-refractivity contribution is -0.0148. The van der Waals surface area contributed by atoms with Crippen LogP contribution in [0.2, 0.25) is 0 Å². The van der Waals surface area contributed by atoms with Crippen molar-refractivity contribution in [2.24, 2.45) is 5.92 Å². The topological polar surface area (TPSA) is 12.0 Å². The zero-order chi connectivity index (χ0) is 6.20. The van der Waals surface area contributed by atoms with Gasteiger partial charge in [-0.05, 0) is 0 Å². The highest BCUT2D eigenvalue weighted by Gasteiger charge is 2.40. The summed E-state index contributed by atoms with van der Waals surface area (Å²) in [5.41, 5.74) is 0. The molecule has 48 valence electrons. The van der Waals surface area contributed by atoms with Gasteiger partial charge in [0, 0.05) is 12.5 Å². The summed E-state index contributed by atoms with van der Waals surface area (Å²) in [7, 11) is 0.